The van der Waals surface area contributed by atoms with Gasteiger partial charge < -0.3 is 4.52 Å². The van der Waals surface area contributed by atoms with Gasteiger partial charge in [-0.3, -0.25) is 0 Å². The van der Waals surface area contributed by atoms with Gasteiger partial charge >= 0.3 is 5.69 Å². The molecule has 1 aromatic carbocycles. The lowest BCUT2D eigenvalue weighted by Crippen LogP contribution is -2.24. The SMILES string of the molecule is CC(C)c1ccc(-c2noc(Cn3nnn(-c4cccs4)c3=O)n2)cc1. The van der Waals surface area contributed by atoms with Gasteiger partial charge in [-0.1, -0.05) is 43.3 Å². The molecule has 9 heteroatoms. The number of rotatable bonds is 5. The molecule has 3 heterocycles. The molecule has 0 fully saturated rings. The van der Waals surface area contributed by atoms with Crippen LogP contribution in [0.1, 0.15) is 31.2 Å². The highest BCUT2D eigenvalue weighted by Crippen LogP contribution is 2.20. The summed E-state index contributed by atoms with van der Waals surface area (Å²) in [6, 6.07) is 11.7. The quantitative estimate of drug-likeness (QED) is 0.538. The van der Waals surface area contributed by atoms with E-state index in [1.165, 1.54) is 26.3 Å². The Morgan fingerprint density at radius 3 is 2.65 bits per heavy atom. The Morgan fingerprint density at radius 2 is 1.96 bits per heavy atom. The van der Waals surface area contributed by atoms with Gasteiger partial charge in [0.2, 0.25) is 11.7 Å². The van der Waals surface area contributed by atoms with Crippen LogP contribution >= 0.6 is 11.3 Å². The average Bonchev–Trinajstić information content (AvgIpc) is 3.38. The first-order valence-electron chi connectivity index (χ1n) is 8.11. The predicted molar refractivity (Wildman–Crippen MR) is 96.4 cm³/mol. The van der Waals surface area contributed by atoms with Gasteiger partial charge in [-0.15, -0.1) is 11.3 Å². The lowest BCUT2D eigenvalue weighted by molar-refractivity contribution is 0.363. The third kappa shape index (κ3) is 3.08. The molecule has 0 N–H and O–H groups in total. The van der Waals surface area contributed by atoms with Crippen molar-refractivity contribution in [1.29, 1.82) is 0 Å². The van der Waals surface area contributed by atoms with Crippen molar-refractivity contribution in [3.8, 4) is 16.4 Å². The second-order valence-electron chi connectivity index (χ2n) is 6.07. The van der Waals surface area contributed by atoms with E-state index in [2.05, 4.69) is 34.4 Å². The van der Waals surface area contributed by atoms with Gasteiger partial charge in [0.25, 0.3) is 0 Å². The largest absolute Gasteiger partial charge is 0.369 e. The van der Waals surface area contributed by atoms with Crippen molar-refractivity contribution in [3.05, 3.63) is 63.7 Å². The molecule has 132 valence electrons. The van der Waals surface area contributed by atoms with Crippen molar-refractivity contribution in [1.82, 2.24) is 29.9 Å². The lowest BCUT2D eigenvalue weighted by Gasteiger charge is -2.04. The van der Waals surface area contributed by atoms with E-state index < -0.39 is 0 Å². The van der Waals surface area contributed by atoms with Crippen LogP contribution < -0.4 is 5.69 Å². The van der Waals surface area contributed by atoms with Crippen LogP contribution in [0, 0.1) is 0 Å². The molecule has 0 aliphatic rings. The summed E-state index contributed by atoms with van der Waals surface area (Å²) in [5.41, 5.74) is 1.75. The zero-order valence-electron chi connectivity index (χ0n) is 14.2. The number of aromatic nitrogens is 6. The van der Waals surface area contributed by atoms with Crippen molar-refractivity contribution in [2.75, 3.05) is 0 Å². The molecule has 0 amide bonds. The highest BCUT2D eigenvalue weighted by molar-refractivity contribution is 7.12. The molecule has 26 heavy (non-hydrogen) atoms. The second kappa shape index (κ2) is 6.68. The van der Waals surface area contributed by atoms with Crippen molar-refractivity contribution in [2.45, 2.75) is 26.3 Å². The molecule has 0 saturated heterocycles. The summed E-state index contributed by atoms with van der Waals surface area (Å²) in [5.74, 6) is 1.24. The molecule has 3 aromatic heterocycles. The van der Waals surface area contributed by atoms with Crippen LogP contribution in [0.3, 0.4) is 0 Å². The van der Waals surface area contributed by atoms with Crippen LogP contribution in [0.2, 0.25) is 0 Å². The monoisotopic (exact) mass is 368 g/mol. The summed E-state index contributed by atoms with van der Waals surface area (Å²) in [5, 5.41) is 14.3. The molecule has 0 aliphatic heterocycles. The average molecular weight is 368 g/mol. The number of hydrogen-bond donors (Lipinski definition) is 0. The highest BCUT2D eigenvalue weighted by atomic mass is 32.1. The van der Waals surface area contributed by atoms with E-state index in [1.807, 2.05) is 35.7 Å². The first kappa shape index (κ1) is 16.4. The summed E-state index contributed by atoms with van der Waals surface area (Å²) in [6.45, 7) is 4.35. The molecule has 0 radical (unpaired) electrons. The van der Waals surface area contributed by atoms with Crippen LogP contribution in [0.5, 0.6) is 0 Å². The summed E-state index contributed by atoms with van der Waals surface area (Å²) in [6.07, 6.45) is 0. The number of hydrogen-bond acceptors (Lipinski definition) is 7. The van der Waals surface area contributed by atoms with Crippen molar-refractivity contribution in [3.63, 3.8) is 0 Å². The van der Waals surface area contributed by atoms with E-state index in [1.54, 1.807) is 6.07 Å². The van der Waals surface area contributed by atoms with E-state index in [-0.39, 0.29) is 12.2 Å². The van der Waals surface area contributed by atoms with Crippen molar-refractivity contribution < 1.29 is 4.52 Å². The minimum absolute atomic E-state index is 0.0707. The molecule has 0 bridgehead atoms. The molecule has 4 rings (SSSR count). The smallest absolute Gasteiger partial charge is 0.337 e. The van der Waals surface area contributed by atoms with Crippen LogP contribution in [0.25, 0.3) is 16.4 Å². The fraction of sp³-hybridized carbons (Fsp3) is 0.235. The molecule has 0 spiro atoms. The van der Waals surface area contributed by atoms with E-state index in [0.29, 0.717) is 22.6 Å². The summed E-state index contributed by atoms with van der Waals surface area (Å²) >= 11 is 1.41. The van der Waals surface area contributed by atoms with Crippen LogP contribution in [0.4, 0.5) is 0 Å². The molecular weight excluding hydrogens is 352 g/mol. The summed E-state index contributed by atoms with van der Waals surface area (Å²) < 4.78 is 7.70. The van der Waals surface area contributed by atoms with E-state index in [0.717, 1.165) is 5.56 Å². The van der Waals surface area contributed by atoms with E-state index in [4.69, 9.17) is 4.52 Å². The van der Waals surface area contributed by atoms with Crippen LogP contribution in [-0.2, 0) is 6.54 Å². The summed E-state index contributed by atoms with van der Waals surface area (Å²) in [7, 11) is 0. The maximum Gasteiger partial charge on any atom is 0.369 e. The molecule has 0 aliphatic carbocycles. The minimum Gasteiger partial charge on any atom is -0.337 e. The Bertz CT molecular complexity index is 1060. The van der Waals surface area contributed by atoms with Crippen molar-refractivity contribution in [2.24, 2.45) is 0 Å². The zero-order valence-corrected chi connectivity index (χ0v) is 15.1. The van der Waals surface area contributed by atoms with Crippen molar-refractivity contribution >= 4 is 11.3 Å². The number of thiophene rings is 1. The maximum absolute atomic E-state index is 12.4. The Balaban J connectivity index is 1.55. The number of benzene rings is 1. The molecular formula is C17H16N6O2S. The first-order valence-corrected chi connectivity index (χ1v) is 8.99. The van der Waals surface area contributed by atoms with E-state index >= 15 is 0 Å². The number of tetrazole rings is 1. The fourth-order valence-corrected chi connectivity index (χ4v) is 3.15. The molecule has 0 atom stereocenters. The molecule has 4 aromatic rings. The Morgan fingerprint density at radius 1 is 1.15 bits per heavy atom. The van der Waals surface area contributed by atoms with E-state index in [9.17, 15) is 4.79 Å². The topological polar surface area (TPSA) is 91.6 Å². The molecule has 0 saturated carbocycles. The standard InChI is InChI=1S/C17H16N6O2S/c1-11(2)12-5-7-13(8-6-12)16-18-14(25-19-16)10-22-17(24)23(21-20-22)15-4-3-9-26-15/h3-9,11H,10H2,1-2H3. The van der Waals surface area contributed by atoms with Gasteiger partial charge in [0.15, 0.2) is 0 Å². The Labute approximate surface area is 152 Å². The van der Waals surface area contributed by atoms with Crippen LogP contribution in [-0.4, -0.2) is 29.9 Å². The normalized spacial score (nSPS) is 11.3. The van der Waals surface area contributed by atoms with Crippen LogP contribution in [0.15, 0.2) is 51.1 Å². The zero-order chi connectivity index (χ0) is 18.1. The first-order chi connectivity index (χ1) is 12.6. The molecule has 0 unspecified atom stereocenters. The number of nitrogens with zero attached hydrogens (tertiary/aromatic N) is 6. The maximum atomic E-state index is 12.4. The van der Waals surface area contributed by atoms with Gasteiger partial charge in [-0.2, -0.15) is 14.3 Å². The third-order valence-electron chi connectivity index (χ3n) is 3.94. The Hall–Kier alpha value is -3.07. The molecule has 8 nitrogen and oxygen atoms in total. The second-order valence-corrected chi connectivity index (χ2v) is 7.00. The highest BCUT2D eigenvalue weighted by Gasteiger charge is 2.14. The summed E-state index contributed by atoms with van der Waals surface area (Å²) in [4.78, 5) is 16.7. The Kier molecular flexibility index (Phi) is 4.21. The van der Waals surface area contributed by atoms with Gasteiger partial charge in [-0.05, 0) is 39.4 Å². The van der Waals surface area contributed by atoms with Gasteiger partial charge in [0.05, 0.1) is 0 Å². The lowest BCUT2D eigenvalue weighted by atomic mass is 10.0. The minimum atomic E-state index is -0.353. The van der Waals surface area contributed by atoms with Gasteiger partial charge in [-0.25, -0.2) is 4.79 Å². The van der Waals surface area contributed by atoms with Gasteiger partial charge in [0.1, 0.15) is 11.5 Å². The van der Waals surface area contributed by atoms with Gasteiger partial charge in [0, 0.05) is 5.56 Å². The fourth-order valence-electron chi connectivity index (χ4n) is 2.48. The predicted octanol–water partition coefficient (Wildman–Crippen LogP) is 2.71. The third-order valence-corrected chi connectivity index (χ3v) is 4.79.